The van der Waals surface area contributed by atoms with Gasteiger partial charge in [0, 0.05) is 16.2 Å². The van der Waals surface area contributed by atoms with Crippen LogP contribution in [0.2, 0.25) is 5.02 Å². The first-order chi connectivity index (χ1) is 8.34. The van der Waals surface area contributed by atoms with Crippen LogP contribution in [0.15, 0.2) is 6.07 Å². The summed E-state index contributed by atoms with van der Waals surface area (Å²) in [6.45, 7) is 0. The van der Waals surface area contributed by atoms with Crippen molar-refractivity contribution in [1.82, 2.24) is 0 Å². The fraction of sp³-hybridized carbons (Fsp3) is 0.300. The zero-order valence-corrected chi connectivity index (χ0v) is 11.9. The highest BCUT2D eigenvalue weighted by Gasteiger charge is 2.21. The number of carbonyl (C=O) groups is 1. The van der Waals surface area contributed by atoms with Crippen molar-refractivity contribution in [2.75, 3.05) is 14.2 Å². The number of methoxy groups -OCH3 is 2. The molecule has 0 N–H and O–H groups in total. The predicted octanol–water partition coefficient (Wildman–Crippen LogP) is 2.24. The van der Waals surface area contributed by atoms with Gasteiger partial charge in [0.1, 0.15) is 0 Å². The molecule has 0 aromatic heterocycles. The second kappa shape index (κ2) is 5.77. The summed E-state index contributed by atoms with van der Waals surface area (Å²) in [6.07, 6.45) is 0.503. The van der Waals surface area contributed by atoms with Gasteiger partial charge in [0.2, 0.25) is 9.05 Å². The molecule has 0 aliphatic carbocycles. The van der Waals surface area contributed by atoms with E-state index in [-0.39, 0.29) is 27.6 Å². The van der Waals surface area contributed by atoms with Gasteiger partial charge in [-0.3, -0.25) is 4.79 Å². The lowest BCUT2D eigenvalue weighted by molar-refractivity contribution is 0.112. The summed E-state index contributed by atoms with van der Waals surface area (Å²) in [4.78, 5) is 10.9. The Labute approximate surface area is 114 Å². The minimum Gasteiger partial charge on any atom is -0.493 e. The number of ether oxygens (including phenoxy) is 2. The third-order valence-electron chi connectivity index (χ3n) is 2.15. The minimum atomic E-state index is -3.78. The van der Waals surface area contributed by atoms with Gasteiger partial charge in [0.05, 0.1) is 30.6 Å². The molecule has 1 rings (SSSR count). The summed E-state index contributed by atoms with van der Waals surface area (Å²) >= 11 is 5.87. The number of halogens is 2. The standard InChI is InChI=1S/C10H10Cl2O5S/c1-16-9-6(5-18(12,14)15)3-8(11)7(4-13)10(9)17-2/h3-4H,5H2,1-2H3. The zero-order valence-electron chi connectivity index (χ0n) is 9.57. The van der Waals surface area contributed by atoms with Gasteiger partial charge in [0.15, 0.2) is 17.8 Å². The van der Waals surface area contributed by atoms with E-state index in [4.69, 9.17) is 31.8 Å². The van der Waals surface area contributed by atoms with Gasteiger partial charge >= 0.3 is 0 Å². The molecule has 1 aromatic carbocycles. The van der Waals surface area contributed by atoms with Crippen molar-refractivity contribution in [3.63, 3.8) is 0 Å². The van der Waals surface area contributed by atoms with Gasteiger partial charge in [-0.15, -0.1) is 0 Å². The SMILES string of the molecule is COc1c(CS(=O)(=O)Cl)cc(Cl)c(C=O)c1OC. The lowest BCUT2D eigenvalue weighted by atomic mass is 10.1. The molecule has 5 nitrogen and oxygen atoms in total. The van der Waals surface area contributed by atoms with Crippen LogP contribution in [0.5, 0.6) is 11.5 Å². The fourth-order valence-corrected chi connectivity index (χ4v) is 2.70. The van der Waals surface area contributed by atoms with Crippen LogP contribution in [-0.2, 0) is 14.8 Å². The Bertz CT molecular complexity index is 568. The van der Waals surface area contributed by atoms with E-state index in [2.05, 4.69) is 0 Å². The van der Waals surface area contributed by atoms with E-state index < -0.39 is 14.8 Å². The van der Waals surface area contributed by atoms with E-state index in [0.717, 1.165) is 0 Å². The van der Waals surface area contributed by atoms with Crippen LogP contribution < -0.4 is 9.47 Å². The van der Waals surface area contributed by atoms with E-state index in [1.807, 2.05) is 0 Å². The van der Waals surface area contributed by atoms with Gasteiger partial charge in [-0.2, -0.15) is 0 Å². The molecule has 0 aliphatic rings. The molecule has 0 aliphatic heterocycles. The van der Waals surface area contributed by atoms with Crippen molar-refractivity contribution in [2.24, 2.45) is 0 Å². The molecule has 0 fully saturated rings. The monoisotopic (exact) mass is 312 g/mol. The Balaban J connectivity index is 3.53. The molecule has 8 heteroatoms. The average Bonchev–Trinajstić information content (AvgIpc) is 2.25. The van der Waals surface area contributed by atoms with E-state index >= 15 is 0 Å². The molecule has 0 heterocycles. The number of aldehydes is 1. The zero-order chi connectivity index (χ0) is 13.9. The van der Waals surface area contributed by atoms with Crippen LogP contribution in [0.3, 0.4) is 0 Å². The number of hydrogen-bond donors (Lipinski definition) is 0. The molecule has 0 saturated carbocycles. The molecular formula is C10H10Cl2O5S. The number of benzene rings is 1. The molecule has 100 valence electrons. The highest BCUT2D eigenvalue weighted by atomic mass is 35.7. The highest BCUT2D eigenvalue weighted by molar-refractivity contribution is 8.13. The summed E-state index contributed by atoms with van der Waals surface area (Å²) in [5.74, 6) is -0.281. The van der Waals surface area contributed by atoms with Crippen LogP contribution in [0.1, 0.15) is 15.9 Å². The van der Waals surface area contributed by atoms with Crippen molar-refractivity contribution < 1.29 is 22.7 Å². The topological polar surface area (TPSA) is 69.7 Å². The van der Waals surface area contributed by atoms with Crippen molar-refractivity contribution in [3.05, 3.63) is 22.2 Å². The smallest absolute Gasteiger partial charge is 0.236 e. The van der Waals surface area contributed by atoms with Gasteiger partial charge in [-0.05, 0) is 6.07 Å². The first-order valence-corrected chi connectivity index (χ1v) is 7.50. The van der Waals surface area contributed by atoms with E-state index in [1.165, 1.54) is 20.3 Å². The third-order valence-corrected chi connectivity index (χ3v) is 3.45. The van der Waals surface area contributed by atoms with Crippen LogP contribution in [0.4, 0.5) is 0 Å². The predicted molar refractivity (Wildman–Crippen MR) is 68.4 cm³/mol. The van der Waals surface area contributed by atoms with Crippen LogP contribution in [0.25, 0.3) is 0 Å². The summed E-state index contributed by atoms with van der Waals surface area (Å²) in [5, 5.41) is 0.0676. The maximum atomic E-state index is 11.1. The van der Waals surface area contributed by atoms with Crippen LogP contribution in [-0.4, -0.2) is 28.9 Å². The van der Waals surface area contributed by atoms with Crippen LogP contribution in [0, 0.1) is 0 Å². The number of hydrogen-bond acceptors (Lipinski definition) is 5. The van der Waals surface area contributed by atoms with E-state index in [0.29, 0.717) is 6.29 Å². The number of rotatable bonds is 5. The molecule has 0 spiro atoms. The average molecular weight is 313 g/mol. The van der Waals surface area contributed by atoms with E-state index in [9.17, 15) is 13.2 Å². The largest absolute Gasteiger partial charge is 0.493 e. The second-order valence-corrected chi connectivity index (χ2v) is 6.48. The molecule has 18 heavy (non-hydrogen) atoms. The molecule has 0 saturated heterocycles. The van der Waals surface area contributed by atoms with Gasteiger partial charge < -0.3 is 9.47 Å². The van der Waals surface area contributed by atoms with Crippen molar-refractivity contribution >= 4 is 37.6 Å². The molecule has 0 unspecified atom stereocenters. The summed E-state index contributed by atoms with van der Waals surface area (Å²) in [5.41, 5.74) is 0.312. The lowest BCUT2D eigenvalue weighted by Crippen LogP contribution is -2.03. The fourth-order valence-electron chi connectivity index (χ4n) is 1.50. The van der Waals surface area contributed by atoms with Crippen molar-refractivity contribution in [3.8, 4) is 11.5 Å². The Morgan fingerprint density at radius 1 is 1.28 bits per heavy atom. The van der Waals surface area contributed by atoms with Gasteiger partial charge in [-0.1, -0.05) is 11.6 Å². The first kappa shape index (κ1) is 15.1. The molecule has 1 aromatic rings. The molecule has 0 radical (unpaired) electrons. The molecule has 0 bridgehead atoms. The maximum Gasteiger partial charge on any atom is 0.236 e. The Hall–Kier alpha value is -0.980. The second-order valence-electron chi connectivity index (χ2n) is 3.30. The summed E-state index contributed by atoms with van der Waals surface area (Å²) < 4.78 is 32.2. The molecule has 0 atom stereocenters. The Morgan fingerprint density at radius 2 is 1.83 bits per heavy atom. The summed E-state index contributed by atoms with van der Waals surface area (Å²) in [7, 11) is 4.04. The third kappa shape index (κ3) is 3.28. The molecular weight excluding hydrogens is 303 g/mol. The highest BCUT2D eigenvalue weighted by Crippen LogP contribution is 2.39. The Kier molecular flexibility index (Phi) is 4.84. The quantitative estimate of drug-likeness (QED) is 0.616. The molecule has 0 amide bonds. The van der Waals surface area contributed by atoms with Crippen molar-refractivity contribution in [2.45, 2.75) is 5.75 Å². The Morgan fingerprint density at radius 3 is 2.22 bits per heavy atom. The summed E-state index contributed by atoms with van der Waals surface area (Å²) in [6, 6.07) is 1.31. The minimum absolute atomic E-state index is 0.0676. The maximum absolute atomic E-state index is 11.1. The van der Waals surface area contributed by atoms with Gasteiger partial charge in [0.25, 0.3) is 0 Å². The number of carbonyl (C=O) groups excluding carboxylic acids is 1. The first-order valence-electron chi connectivity index (χ1n) is 4.65. The lowest BCUT2D eigenvalue weighted by Gasteiger charge is -2.14. The normalized spacial score (nSPS) is 11.1. The van der Waals surface area contributed by atoms with E-state index in [1.54, 1.807) is 0 Å². The van der Waals surface area contributed by atoms with Crippen LogP contribution >= 0.6 is 22.3 Å². The van der Waals surface area contributed by atoms with Crippen molar-refractivity contribution in [1.29, 1.82) is 0 Å². The van der Waals surface area contributed by atoms with Gasteiger partial charge in [-0.25, -0.2) is 8.42 Å².